The fourth-order valence-electron chi connectivity index (χ4n) is 2.80. The maximum absolute atomic E-state index is 12.8. The molecule has 2 aromatic carbocycles. The van der Waals surface area contributed by atoms with Crippen molar-refractivity contribution in [2.24, 2.45) is 0 Å². The molecule has 0 aliphatic heterocycles. The van der Waals surface area contributed by atoms with Crippen LogP contribution < -0.4 is 16.2 Å². The minimum absolute atomic E-state index is 0.116. The standard InChI is InChI=1S/C18H18N2O4/c1-2-23-7-8-24-13-9-12(19)14-15(16(13)20)18(22)11-6-4-3-5-10(11)17(14)21/h3-6,9H,2,7-8,19-20H2,1H3. The van der Waals surface area contributed by atoms with Crippen molar-refractivity contribution in [2.75, 3.05) is 31.3 Å². The Balaban J connectivity index is 2.05. The topological polar surface area (TPSA) is 105 Å². The normalized spacial score (nSPS) is 12.7. The van der Waals surface area contributed by atoms with Crippen molar-refractivity contribution < 1.29 is 19.1 Å². The minimum Gasteiger partial charge on any atom is -0.489 e. The van der Waals surface area contributed by atoms with Crippen molar-refractivity contribution in [1.29, 1.82) is 0 Å². The molecule has 0 saturated carbocycles. The highest BCUT2D eigenvalue weighted by molar-refractivity contribution is 6.32. The highest BCUT2D eigenvalue weighted by Gasteiger charge is 2.34. The van der Waals surface area contributed by atoms with Crippen molar-refractivity contribution in [3.8, 4) is 5.75 Å². The second-order valence-corrected chi connectivity index (χ2v) is 5.38. The van der Waals surface area contributed by atoms with Gasteiger partial charge in [-0.3, -0.25) is 9.59 Å². The van der Waals surface area contributed by atoms with Gasteiger partial charge in [-0.1, -0.05) is 24.3 Å². The van der Waals surface area contributed by atoms with E-state index in [1.54, 1.807) is 24.3 Å². The van der Waals surface area contributed by atoms with E-state index >= 15 is 0 Å². The molecule has 0 aromatic heterocycles. The van der Waals surface area contributed by atoms with Gasteiger partial charge in [0, 0.05) is 29.5 Å². The number of nitrogen functional groups attached to an aromatic ring is 2. The highest BCUT2D eigenvalue weighted by Crippen LogP contribution is 2.39. The maximum atomic E-state index is 12.8. The van der Waals surface area contributed by atoms with E-state index < -0.39 is 0 Å². The van der Waals surface area contributed by atoms with Crippen LogP contribution in [0.4, 0.5) is 11.4 Å². The monoisotopic (exact) mass is 326 g/mol. The zero-order valence-electron chi connectivity index (χ0n) is 13.3. The molecule has 0 saturated heterocycles. The Labute approximate surface area is 139 Å². The van der Waals surface area contributed by atoms with Crippen LogP contribution in [-0.4, -0.2) is 31.4 Å². The number of ether oxygens (including phenoxy) is 2. The molecule has 6 nitrogen and oxygen atoms in total. The van der Waals surface area contributed by atoms with Gasteiger partial charge in [0.15, 0.2) is 11.6 Å². The molecule has 3 rings (SSSR count). The van der Waals surface area contributed by atoms with E-state index in [1.807, 2.05) is 6.92 Å². The van der Waals surface area contributed by atoms with Crippen molar-refractivity contribution >= 4 is 22.9 Å². The molecule has 0 amide bonds. The van der Waals surface area contributed by atoms with Crippen LogP contribution in [0.5, 0.6) is 5.75 Å². The summed E-state index contributed by atoms with van der Waals surface area (Å²) in [4.78, 5) is 25.5. The lowest BCUT2D eigenvalue weighted by Gasteiger charge is -2.22. The summed E-state index contributed by atoms with van der Waals surface area (Å²) in [5, 5.41) is 0. The summed E-state index contributed by atoms with van der Waals surface area (Å²) in [6, 6.07) is 8.12. The third-order valence-corrected chi connectivity index (χ3v) is 3.92. The summed E-state index contributed by atoms with van der Waals surface area (Å²) in [5.41, 5.74) is 13.3. The maximum Gasteiger partial charge on any atom is 0.196 e. The Hall–Kier alpha value is -2.86. The van der Waals surface area contributed by atoms with E-state index in [9.17, 15) is 9.59 Å². The minimum atomic E-state index is -0.320. The van der Waals surface area contributed by atoms with Gasteiger partial charge in [-0.15, -0.1) is 0 Å². The number of ketones is 2. The lowest BCUT2D eigenvalue weighted by Crippen LogP contribution is -2.24. The van der Waals surface area contributed by atoms with E-state index in [1.165, 1.54) is 6.07 Å². The lowest BCUT2D eigenvalue weighted by atomic mass is 9.82. The van der Waals surface area contributed by atoms with Crippen LogP contribution in [0.2, 0.25) is 0 Å². The summed E-state index contributed by atoms with van der Waals surface area (Å²) < 4.78 is 10.8. The van der Waals surface area contributed by atoms with Gasteiger partial charge >= 0.3 is 0 Å². The van der Waals surface area contributed by atoms with Crippen molar-refractivity contribution in [2.45, 2.75) is 6.92 Å². The molecule has 1 aliphatic rings. The summed E-state index contributed by atoms with van der Waals surface area (Å²) >= 11 is 0. The van der Waals surface area contributed by atoms with Gasteiger partial charge in [0.05, 0.1) is 23.4 Å². The van der Waals surface area contributed by atoms with E-state index in [2.05, 4.69) is 0 Å². The number of hydrogen-bond donors (Lipinski definition) is 2. The van der Waals surface area contributed by atoms with Crippen LogP contribution in [0.3, 0.4) is 0 Å². The fraction of sp³-hybridized carbons (Fsp3) is 0.222. The van der Waals surface area contributed by atoms with E-state index in [0.29, 0.717) is 24.3 Å². The van der Waals surface area contributed by atoms with Crippen LogP contribution in [0.15, 0.2) is 30.3 Å². The van der Waals surface area contributed by atoms with Crippen molar-refractivity contribution in [3.63, 3.8) is 0 Å². The second kappa shape index (κ2) is 6.33. The highest BCUT2D eigenvalue weighted by atomic mass is 16.5. The lowest BCUT2D eigenvalue weighted by molar-refractivity contribution is 0.0979. The summed E-state index contributed by atoms with van der Waals surface area (Å²) in [6.45, 7) is 3.12. The number of nitrogens with two attached hydrogens (primary N) is 2. The van der Waals surface area contributed by atoms with Crippen LogP contribution >= 0.6 is 0 Å². The summed E-state index contributed by atoms with van der Waals surface area (Å²) in [6.07, 6.45) is 0. The first-order chi connectivity index (χ1) is 11.6. The number of hydrogen-bond acceptors (Lipinski definition) is 6. The predicted molar refractivity (Wildman–Crippen MR) is 90.6 cm³/mol. The van der Waals surface area contributed by atoms with Crippen LogP contribution in [-0.2, 0) is 4.74 Å². The van der Waals surface area contributed by atoms with Gasteiger partial charge in [0.25, 0.3) is 0 Å². The first-order valence-electron chi connectivity index (χ1n) is 7.67. The van der Waals surface area contributed by atoms with Crippen molar-refractivity contribution in [1.82, 2.24) is 0 Å². The fourth-order valence-corrected chi connectivity index (χ4v) is 2.80. The number of fused-ring (bicyclic) bond motifs is 2. The van der Waals surface area contributed by atoms with Gasteiger partial charge in [0.2, 0.25) is 0 Å². The van der Waals surface area contributed by atoms with Gasteiger partial charge < -0.3 is 20.9 Å². The third kappa shape index (κ3) is 2.51. The molecule has 24 heavy (non-hydrogen) atoms. The Morgan fingerprint density at radius 2 is 1.58 bits per heavy atom. The molecule has 0 unspecified atom stereocenters. The average Bonchev–Trinajstić information content (AvgIpc) is 2.59. The second-order valence-electron chi connectivity index (χ2n) is 5.38. The molecular weight excluding hydrogens is 308 g/mol. The molecule has 1 aliphatic carbocycles. The zero-order valence-corrected chi connectivity index (χ0v) is 13.3. The number of carbonyl (C=O) groups is 2. The largest absolute Gasteiger partial charge is 0.489 e. The summed E-state index contributed by atoms with van der Waals surface area (Å²) in [5.74, 6) is -0.337. The molecule has 124 valence electrons. The molecule has 0 fully saturated rings. The van der Waals surface area contributed by atoms with E-state index in [4.69, 9.17) is 20.9 Å². The molecule has 0 atom stereocenters. The van der Waals surface area contributed by atoms with Crippen LogP contribution in [0.1, 0.15) is 38.8 Å². The van der Waals surface area contributed by atoms with Gasteiger partial charge in [0.1, 0.15) is 12.4 Å². The van der Waals surface area contributed by atoms with E-state index in [0.717, 1.165) is 0 Å². The smallest absolute Gasteiger partial charge is 0.196 e. The zero-order chi connectivity index (χ0) is 17.3. The Morgan fingerprint density at radius 3 is 2.21 bits per heavy atom. The van der Waals surface area contributed by atoms with Gasteiger partial charge in [-0.05, 0) is 6.92 Å². The van der Waals surface area contributed by atoms with Crippen LogP contribution in [0.25, 0.3) is 0 Å². The number of anilines is 2. The molecule has 2 aromatic rings. The van der Waals surface area contributed by atoms with E-state index in [-0.39, 0.29) is 46.4 Å². The third-order valence-electron chi connectivity index (χ3n) is 3.92. The number of rotatable bonds is 5. The van der Waals surface area contributed by atoms with Crippen LogP contribution in [0, 0.1) is 0 Å². The molecule has 0 heterocycles. The van der Waals surface area contributed by atoms with Gasteiger partial charge in [-0.2, -0.15) is 0 Å². The molecule has 4 N–H and O–H groups in total. The molecule has 0 bridgehead atoms. The summed E-state index contributed by atoms with van der Waals surface area (Å²) in [7, 11) is 0. The molecule has 0 spiro atoms. The Morgan fingerprint density at radius 1 is 0.958 bits per heavy atom. The Kier molecular flexibility index (Phi) is 4.22. The SMILES string of the molecule is CCOCCOc1cc(N)c2c(c1N)C(=O)c1ccccc1C2=O. The first kappa shape index (κ1) is 16.0. The predicted octanol–water partition coefficient (Wildman–Crippen LogP) is 2.04. The molecule has 6 heteroatoms. The van der Waals surface area contributed by atoms with Gasteiger partial charge in [-0.25, -0.2) is 0 Å². The molecular formula is C18H18N2O4. The quantitative estimate of drug-likeness (QED) is 0.549. The average molecular weight is 326 g/mol. The number of carbonyl (C=O) groups excluding carboxylic acids is 2. The number of benzene rings is 2. The molecule has 0 radical (unpaired) electrons. The van der Waals surface area contributed by atoms with Crippen molar-refractivity contribution in [3.05, 3.63) is 52.6 Å². The first-order valence-corrected chi connectivity index (χ1v) is 7.67. The Bertz CT molecular complexity index is 830.